The number of benzene rings is 2. The zero-order valence-electron chi connectivity index (χ0n) is 14.3. The van der Waals surface area contributed by atoms with Crippen molar-refractivity contribution in [1.82, 2.24) is 10.2 Å². The maximum Gasteiger partial charge on any atom is 0.573 e. The third kappa shape index (κ3) is 3.46. The molecule has 0 saturated heterocycles. The quantitative estimate of drug-likeness (QED) is 0.444. The van der Waals surface area contributed by atoms with Crippen molar-refractivity contribution < 1.29 is 31.5 Å². The molecule has 0 unspecified atom stereocenters. The number of ether oxygens (including phenoxy) is 1. The minimum Gasteiger partial charge on any atom is -0.464 e. The second kappa shape index (κ2) is 6.52. The first-order valence-electron chi connectivity index (χ1n) is 8.02. The first-order chi connectivity index (χ1) is 13.3. The van der Waals surface area contributed by atoms with Gasteiger partial charge in [0, 0.05) is 23.4 Å². The molecule has 0 atom stereocenters. The van der Waals surface area contributed by atoms with Crippen LogP contribution in [0.25, 0.3) is 33.6 Å². The van der Waals surface area contributed by atoms with Crippen molar-refractivity contribution in [2.45, 2.75) is 13.3 Å². The normalized spacial score (nSPS) is 11.7. The molecule has 0 aliphatic carbocycles. The maximum atomic E-state index is 12.5. The Balaban J connectivity index is 1.76. The summed E-state index contributed by atoms with van der Waals surface area (Å²) in [5.41, 5.74) is 2.11. The largest absolute Gasteiger partial charge is 0.573 e. The van der Waals surface area contributed by atoms with E-state index >= 15 is 0 Å². The molecule has 9 heteroatoms. The third-order valence-corrected chi connectivity index (χ3v) is 3.93. The molecule has 0 saturated carbocycles. The van der Waals surface area contributed by atoms with Gasteiger partial charge in [-0.25, -0.2) is 0 Å². The molecule has 0 bridgehead atoms. The van der Waals surface area contributed by atoms with E-state index in [1.807, 2.05) is 0 Å². The van der Waals surface area contributed by atoms with E-state index in [-0.39, 0.29) is 23.3 Å². The lowest BCUT2D eigenvalue weighted by molar-refractivity contribution is -0.274. The van der Waals surface area contributed by atoms with E-state index in [1.54, 1.807) is 24.3 Å². The zero-order valence-corrected chi connectivity index (χ0v) is 14.3. The fourth-order valence-corrected chi connectivity index (χ4v) is 2.73. The minimum atomic E-state index is -4.78. The van der Waals surface area contributed by atoms with Gasteiger partial charge in [-0.3, -0.25) is 4.79 Å². The highest BCUT2D eigenvalue weighted by Gasteiger charge is 2.31. The van der Waals surface area contributed by atoms with E-state index in [4.69, 9.17) is 8.83 Å². The van der Waals surface area contributed by atoms with Gasteiger partial charge in [0.25, 0.3) is 5.89 Å². The van der Waals surface area contributed by atoms with Crippen LogP contribution in [-0.2, 0) is 0 Å². The second-order valence-corrected chi connectivity index (χ2v) is 5.90. The van der Waals surface area contributed by atoms with Gasteiger partial charge in [0.2, 0.25) is 11.7 Å². The summed E-state index contributed by atoms with van der Waals surface area (Å²) in [7, 11) is 0. The predicted molar refractivity (Wildman–Crippen MR) is 91.6 cm³/mol. The number of Topliss-reactive ketones (excluding diaryl/α,β-unsaturated/α-hetero) is 1. The topological polar surface area (TPSA) is 78.4 Å². The summed E-state index contributed by atoms with van der Waals surface area (Å²) in [5.74, 6) is -0.656. The van der Waals surface area contributed by atoms with Gasteiger partial charge in [-0.05, 0) is 35.9 Å². The summed E-state index contributed by atoms with van der Waals surface area (Å²) in [6.07, 6.45) is -3.34. The number of nitrogens with zero attached hydrogens (tertiary/aromatic N) is 2. The van der Waals surface area contributed by atoms with Crippen LogP contribution in [0.1, 0.15) is 17.6 Å². The molecule has 0 radical (unpaired) electrons. The Labute approximate surface area is 155 Å². The number of halogens is 3. The molecule has 2 heterocycles. The average molecular weight is 388 g/mol. The predicted octanol–water partition coefficient (Wildman–Crippen LogP) is 5.25. The van der Waals surface area contributed by atoms with Crippen LogP contribution >= 0.6 is 0 Å². The standard InChI is InChI=1S/C19H11F3N2O4/c1-10(25)17-23-24-18(27-17)12-5-6-16-14(8-12)15(9-26-16)11-3-2-4-13(7-11)28-19(20,21)22/h2-9H,1H3. The molecule has 0 N–H and O–H groups in total. The number of carbonyl (C=O) groups excluding carboxylic acids is 1. The van der Waals surface area contributed by atoms with Gasteiger partial charge >= 0.3 is 6.36 Å². The molecule has 4 aromatic rings. The van der Waals surface area contributed by atoms with Crippen molar-refractivity contribution in [2.24, 2.45) is 0 Å². The summed E-state index contributed by atoms with van der Waals surface area (Å²) in [6.45, 7) is 1.31. The average Bonchev–Trinajstić information content (AvgIpc) is 3.27. The van der Waals surface area contributed by atoms with Crippen LogP contribution in [0, 0.1) is 0 Å². The molecule has 142 valence electrons. The molecule has 0 spiro atoms. The van der Waals surface area contributed by atoms with E-state index in [0.717, 1.165) is 0 Å². The first-order valence-corrected chi connectivity index (χ1v) is 8.02. The summed E-state index contributed by atoms with van der Waals surface area (Å²) in [6, 6.07) is 10.6. The Bertz CT molecular complexity index is 1180. The van der Waals surface area contributed by atoms with Crippen molar-refractivity contribution in [1.29, 1.82) is 0 Å². The Kier molecular flexibility index (Phi) is 4.14. The van der Waals surface area contributed by atoms with Gasteiger partial charge in [0.05, 0.1) is 6.26 Å². The first kappa shape index (κ1) is 17.8. The zero-order chi connectivity index (χ0) is 19.9. The van der Waals surface area contributed by atoms with Crippen LogP contribution in [0.3, 0.4) is 0 Å². The highest BCUT2D eigenvalue weighted by Crippen LogP contribution is 2.35. The smallest absolute Gasteiger partial charge is 0.464 e. The van der Waals surface area contributed by atoms with Gasteiger partial charge in [0.15, 0.2) is 0 Å². The number of hydrogen-bond donors (Lipinski definition) is 0. The lowest BCUT2D eigenvalue weighted by atomic mass is 10.0. The summed E-state index contributed by atoms with van der Waals surface area (Å²) >= 11 is 0. The molecule has 28 heavy (non-hydrogen) atoms. The van der Waals surface area contributed by atoms with E-state index < -0.39 is 6.36 Å². The van der Waals surface area contributed by atoms with Gasteiger partial charge in [0.1, 0.15) is 11.3 Å². The van der Waals surface area contributed by atoms with Crippen LogP contribution < -0.4 is 4.74 Å². The van der Waals surface area contributed by atoms with Crippen LogP contribution in [0.5, 0.6) is 5.75 Å². The number of aromatic nitrogens is 2. The van der Waals surface area contributed by atoms with Crippen molar-refractivity contribution >= 4 is 16.8 Å². The van der Waals surface area contributed by atoms with Gasteiger partial charge in [-0.2, -0.15) is 0 Å². The number of carbonyl (C=O) groups is 1. The van der Waals surface area contributed by atoms with E-state index in [1.165, 1.54) is 31.4 Å². The summed E-state index contributed by atoms with van der Waals surface area (Å²) < 4.78 is 52.2. The van der Waals surface area contributed by atoms with Crippen LogP contribution in [0.4, 0.5) is 13.2 Å². The van der Waals surface area contributed by atoms with E-state index in [2.05, 4.69) is 14.9 Å². The molecule has 4 rings (SSSR count). The molecule has 2 aromatic heterocycles. The Morgan fingerprint density at radius 3 is 2.61 bits per heavy atom. The van der Waals surface area contributed by atoms with Crippen molar-refractivity contribution in [3.8, 4) is 28.3 Å². The number of hydrogen-bond acceptors (Lipinski definition) is 6. The summed E-state index contributed by atoms with van der Waals surface area (Å²) in [5, 5.41) is 8.14. The third-order valence-electron chi connectivity index (χ3n) is 3.93. The summed E-state index contributed by atoms with van der Waals surface area (Å²) in [4.78, 5) is 11.3. The van der Waals surface area contributed by atoms with Crippen molar-refractivity contribution in [3.05, 3.63) is 54.6 Å². The van der Waals surface area contributed by atoms with E-state index in [0.29, 0.717) is 27.7 Å². The SMILES string of the molecule is CC(=O)c1nnc(-c2ccc3occ(-c4cccc(OC(F)(F)F)c4)c3c2)o1. The lowest BCUT2D eigenvalue weighted by Crippen LogP contribution is -2.17. The number of fused-ring (bicyclic) bond motifs is 1. The molecule has 0 aliphatic heterocycles. The van der Waals surface area contributed by atoms with E-state index in [9.17, 15) is 18.0 Å². The molecular formula is C19H11F3N2O4. The minimum absolute atomic E-state index is 0.112. The number of alkyl halides is 3. The Morgan fingerprint density at radius 2 is 1.89 bits per heavy atom. The van der Waals surface area contributed by atoms with Gasteiger partial charge in [-0.1, -0.05) is 12.1 Å². The van der Waals surface area contributed by atoms with Crippen molar-refractivity contribution in [3.63, 3.8) is 0 Å². The molecular weight excluding hydrogens is 377 g/mol. The molecule has 0 fully saturated rings. The van der Waals surface area contributed by atoms with Crippen molar-refractivity contribution in [2.75, 3.05) is 0 Å². The number of ketones is 1. The highest BCUT2D eigenvalue weighted by atomic mass is 19.4. The fraction of sp³-hybridized carbons (Fsp3) is 0.105. The Hall–Kier alpha value is -3.62. The monoisotopic (exact) mass is 388 g/mol. The fourth-order valence-electron chi connectivity index (χ4n) is 2.73. The van der Waals surface area contributed by atoms with Crippen LogP contribution in [0.15, 0.2) is 57.6 Å². The molecule has 0 aliphatic rings. The Morgan fingerprint density at radius 1 is 1.07 bits per heavy atom. The molecule has 0 amide bonds. The van der Waals surface area contributed by atoms with Crippen LogP contribution in [0.2, 0.25) is 0 Å². The molecule has 2 aromatic carbocycles. The second-order valence-electron chi connectivity index (χ2n) is 5.90. The molecule has 6 nitrogen and oxygen atoms in total. The lowest BCUT2D eigenvalue weighted by Gasteiger charge is -2.09. The number of furan rings is 1. The van der Waals surface area contributed by atoms with Gasteiger partial charge in [-0.15, -0.1) is 23.4 Å². The number of rotatable bonds is 4. The highest BCUT2D eigenvalue weighted by molar-refractivity contribution is 5.96. The van der Waals surface area contributed by atoms with Gasteiger partial charge < -0.3 is 13.6 Å². The van der Waals surface area contributed by atoms with Crippen LogP contribution in [-0.4, -0.2) is 22.3 Å². The maximum absolute atomic E-state index is 12.5.